The van der Waals surface area contributed by atoms with Gasteiger partial charge in [0.25, 0.3) is 0 Å². The van der Waals surface area contributed by atoms with E-state index in [1.165, 1.54) is 7.11 Å². The van der Waals surface area contributed by atoms with Gasteiger partial charge in [-0.05, 0) is 29.8 Å². The van der Waals surface area contributed by atoms with Gasteiger partial charge in [0.05, 0.1) is 23.7 Å². The van der Waals surface area contributed by atoms with Crippen LogP contribution >= 0.6 is 11.8 Å². The fraction of sp³-hybridized carbons (Fsp3) is 0.118. The van der Waals surface area contributed by atoms with Gasteiger partial charge in [-0.1, -0.05) is 36.0 Å². The number of imidazole rings is 1. The number of aromatic nitrogens is 4. The Morgan fingerprint density at radius 1 is 1.21 bits per heavy atom. The number of hydrogen-bond donors (Lipinski definition) is 1. The van der Waals surface area contributed by atoms with Crippen molar-refractivity contribution in [1.29, 1.82) is 0 Å². The highest BCUT2D eigenvalue weighted by atomic mass is 32.2. The Morgan fingerprint density at radius 3 is 2.79 bits per heavy atom. The van der Waals surface area contributed by atoms with E-state index in [-0.39, 0.29) is 5.97 Å². The van der Waals surface area contributed by atoms with Crippen molar-refractivity contribution in [3.05, 3.63) is 59.7 Å². The molecule has 0 unspecified atom stereocenters. The SMILES string of the molecule is COC(=O)c1ccc(CSc2n[nH]c3nc4ccccc4n23)cc1. The van der Waals surface area contributed by atoms with E-state index in [1.807, 2.05) is 40.8 Å². The molecule has 1 N–H and O–H groups in total. The second-order valence-corrected chi connectivity index (χ2v) is 6.19. The van der Waals surface area contributed by atoms with Crippen LogP contribution < -0.4 is 0 Å². The van der Waals surface area contributed by atoms with Crippen LogP contribution in [0.5, 0.6) is 0 Å². The molecule has 0 radical (unpaired) electrons. The minimum Gasteiger partial charge on any atom is -0.465 e. The maximum Gasteiger partial charge on any atom is 0.337 e. The Bertz CT molecular complexity index is 1020. The molecule has 0 saturated carbocycles. The number of esters is 1. The second-order valence-electron chi connectivity index (χ2n) is 5.24. The highest BCUT2D eigenvalue weighted by Gasteiger charge is 2.12. The van der Waals surface area contributed by atoms with Crippen LogP contribution in [0.15, 0.2) is 53.7 Å². The number of nitrogens with one attached hydrogen (secondary N) is 1. The smallest absolute Gasteiger partial charge is 0.337 e. The summed E-state index contributed by atoms with van der Waals surface area (Å²) in [6.45, 7) is 0. The Hall–Kier alpha value is -2.80. The average molecular weight is 338 g/mol. The van der Waals surface area contributed by atoms with Crippen molar-refractivity contribution in [1.82, 2.24) is 19.6 Å². The summed E-state index contributed by atoms with van der Waals surface area (Å²) in [5.41, 5.74) is 3.63. The maximum atomic E-state index is 11.5. The highest BCUT2D eigenvalue weighted by Crippen LogP contribution is 2.25. The van der Waals surface area contributed by atoms with E-state index in [2.05, 4.69) is 15.2 Å². The average Bonchev–Trinajstić information content (AvgIpc) is 3.19. The van der Waals surface area contributed by atoms with E-state index in [0.29, 0.717) is 5.56 Å². The first-order valence-electron chi connectivity index (χ1n) is 7.38. The molecule has 0 atom stereocenters. The number of methoxy groups -OCH3 is 1. The lowest BCUT2D eigenvalue weighted by molar-refractivity contribution is 0.0600. The predicted octanol–water partition coefficient (Wildman–Crippen LogP) is 3.29. The molecule has 0 aliphatic rings. The van der Waals surface area contributed by atoms with Crippen LogP contribution in [-0.4, -0.2) is 32.7 Å². The number of fused-ring (bicyclic) bond motifs is 3. The van der Waals surface area contributed by atoms with Gasteiger partial charge in [0, 0.05) is 5.75 Å². The minimum absolute atomic E-state index is 0.326. The molecule has 0 spiro atoms. The van der Waals surface area contributed by atoms with E-state index < -0.39 is 0 Å². The summed E-state index contributed by atoms with van der Waals surface area (Å²) in [6.07, 6.45) is 0. The third-order valence-corrected chi connectivity index (χ3v) is 4.76. The first-order valence-corrected chi connectivity index (χ1v) is 8.36. The molecule has 0 saturated heterocycles. The number of para-hydroxylation sites is 2. The molecule has 0 bridgehead atoms. The third kappa shape index (κ3) is 2.52. The standard InChI is InChI=1S/C17H14N4O2S/c1-23-15(22)12-8-6-11(7-9-12)10-24-17-20-19-16-18-13-4-2-3-5-14(13)21(16)17/h2-9H,10H2,1H3,(H,18,19). The molecule has 4 rings (SSSR count). The fourth-order valence-corrected chi connectivity index (χ4v) is 3.45. The van der Waals surface area contributed by atoms with Gasteiger partial charge in [-0.25, -0.2) is 14.9 Å². The lowest BCUT2D eigenvalue weighted by atomic mass is 10.1. The van der Waals surface area contributed by atoms with Crippen LogP contribution in [0, 0.1) is 0 Å². The van der Waals surface area contributed by atoms with Gasteiger partial charge in [0.2, 0.25) is 5.78 Å². The van der Waals surface area contributed by atoms with Crippen LogP contribution in [0.1, 0.15) is 15.9 Å². The summed E-state index contributed by atoms with van der Waals surface area (Å²) in [5, 5.41) is 8.17. The van der Waals surface area contributed by atoms with Crippen molar-refractivity contribution >= 4 is 34.5 Å². The zero-order valence-electron chi connectivity index (χ0n) is 12.9. The van der Waals surface area contributed by atoms with Crippen molar-refractivity contribution in [2.45, 2.75) is 10.9 Å². The van der Waals surface area contributed by atoms with Gasteiger partial charge in [-0.15, -0.1) is 5.10 Å². The van der Waals surface area contributed by atoms with Crippen molar-refractivity contribution in [2.75, 3.05) is 7.11 Å². The van der Waals surface area contributed by atoms with Gasteiger partial charge in [0.1, 0.15) is 0 Å². The van der Waals surface area contributed by atoms with E-state index in [4.69, 9.17) is 4.74 Å². The van der Waals surface area contributed by atoms with Crippen molar-refractivity contribution in [2.24, 2.45) is 0 Å². The first-order chi connectivity index (χ1) is 11.8. The first kappa shape index (κ1) is 14.8. The quantitative estimate of drug-likeness (QED) is 0.457. The van der Waals surface area contributed by atoms with Gasteiger partial charge < -0.3 is 4.74 Å². The number of H-pyrrole nitrogens is 1. The molecule has 0 amide bonds. The largest absolute Gasteiger partial charge is 0.465 e. The highest BCUT2D eigenvalue weighted by molar-refractivity contribution is 7.98. The molecule has 2 aromatic heterocycles. The van der Waals surface area contributed by atoms with Crippen molar-refractivity contribution in [3.8, 4) is 0 Å². The molecular formula is C17H14N4O2S. The number of carbonyl (C=O) groups is 1. The summed E-state index contributed by atoms with van der Waals surface area (Å²) < 4.78 is 6.72. The molecule has 6 nitrogen and oxygen atoms in total. The summed E-state index contributed by atoms with van der Waals surface area (Å²) >= 11 is 1.61. The zero-order chi connectivity index (χ0) is 16.5. The summed E-state index contributed by atoms with van der Waals surface area (Å²) in [4.78, 5) is 16.0. The Morgan fingerprint density at radius 2 is 2.00 bits per heavy atom. The van der Waals surface area contributed by atoms with E-state index >= 15 is 0 Å². The monoisotopic (exact) mass is 338 g/mol. The van der Waals surface area contributed by atoms with Crippen LogP contribution in [-0.2, 0) is 10.5 Å². The molecule has 7 heteroatoms. The molecular weight excluding hydrogens is 324 g/mol. The molecule has 2 heterocycles. The van der Waals surface area contributed by atoms with Gasteiger partial charge in [0.15, 0.2) is 5.16 Å². The Balaban J connectivity index is 1.57. The number of hydrogen-bond acceptors (Lipinski definition) is 5. The summed E-state index contributed by atoms with van der Waals surface area (Å²) in [6, 6.07) is 15.4. The van der Waals surface area contributed by atoms with Crippen LogP contribution in [0.3, 0.4) is 0 Å². The Labute approximate surface area is 141 Å². The molecule has 4 aromatic rings. The molecule has 0 aliphatic carbocycles. The van der Waals surface area contributed by atoms with Crippen molar-refractivity contribution < 1.29 is 9.53 Å². The zero-order valence-corrected chi connectivity index (χ0v) is 13.7. The fourth-order valence-electron chi connectivity index (χ4n) is 2.54. The molecule has 120 valence electrons. The molecule has 24 heavy (non-hydrogen) atoms. The van der Waals surface area contributed by atoms with Crippen LogP contribution in [0.4, 0.5) is 0 Å². The predicted molar refractivity (Wildman–Crippen MR) is 92.2 cm³/mol. The Kier molecular flexibility index (Phi) is 3.70. The van der Waals surface area contributed by atoms with Crippen LogP contribution in [0.25, 0.3) is 16.8 Å². The van der Waals surface area contributed by atoms with Crippen molar-refractivity contribution in [3.63, 3.8) is 0 Å². The third-order valence-electron chi connectivity index (χ3n) is 3.75. The number of carbonyl (C=O) groups excluding carboxylic acids is 1. The van der Waals surface area contributed by atoms with Gasteiger partial charge in [-0.3, -0.25) is 4.40 Å². The number of aromatic amines is 1. The van der Waals surface area contributed by atoms with E-state index in [1.54, 1.807) is 23.9 Å². The van der Waals surface area contributed by atoms with Gasteiger partial charge >= 0.3 is 5.97 Å². The topological polar surface area (TPSA) is 72.3 Å². The number of rotatable bonds is 4. The van der Waals surface area contributed by atoms with Crippen LogP contribution in [0.2, 0.25) is 0 Å². The molecule has 0 aliphatic heterocycles. The summed E-state index contributed by atoms with van der Waals surface area (Å²) in [5.74, 6) is 1.15. The molecule has 0 fully saturated rings. The van der Waals surface area contributed by atoms with E-state index in [9.17, 15) is 4.79 Å². The number of benzene rings is 2. The lowest BCUT2D eigenvalue weighted by Crippen LogP contribution is -2.00. The maximum absolute atomic E-state index is 11.5. The number of nitrogens with zero attached hydrogens (tertiary/aromatic N) is 3. The number of thioether (sulfide) groups is 1. The van der Waals surface area contributed by atoms with Gasteiger partial charge in [-0.2, -0.15) is 0 Å². The normalized spacial score (nSPS) is 11.2. The lowest BCUT2D eigenvalue weighted by Gasteiger charge is -2.02. The van der Waals surface area contributed by atoms with E-state index in [0.717, 1.165) is 33.3 Å². The molecule has 2 aromatic carbocycles. The minimum atomic E-state index is -0.326. The summed E-state index contributed by atoms with van der Waals surface area (Å²) in [7, 11) is 1.38. The second kappa shape index (κ2) is 6.01. The number of ether oxygens (including phenoxy) is 1.